The molecule has 204 valence electrons. The van der Waals surface area contributed by atoms with Crippen molar-refractivity contribution in [1.82, 2.24) is 24.9 Å². The number of nitrogens with two attached hydrogens (primary N) is 1. The topological polar surface area (TPSA) is 157 Å². The fraction of sp³-hybridized carbons (Fsp3) is 0.222. The number of hydrogen-bond donors (Lipinski definition) is 2. The van der Waals surface area contributed by atoms with Crippen LogP contribution in [0.25, 0.3) is 31.8 Å². The minimum Gasteiger partial charge on any atom is -0.485 e. The van der Waals surface area contributed by atoms with Crippen LogP contribution in [0.1, 0.15) is 35.7 Å². The van der Waals surface area contributed by atoms with Crippen molar-refractivity contribution in [2.75, 3.05) is 4.90 Å². The number of ether oxygens (including phenoxy) is 1. The number of fused-ring (bicyclic) bond motifs is 2. The van der Waals surface area contributed by atoms with Crippen molar-refractivity contribution in [2.45, 2.75) is 39.8 Å². The van der Waals surface area contributed by atoms with E-state index in [1.165, 1.54) is 36.0 Å². The van der Waals surface area contributed by atoms with Crippen LogP contribution in [0.4, 0.5) is 14.9 Å². The van der Waals surface area contributed by atoms with Gasteiger partial charge in [0.05, 0.1) is 51.6 Å². The molecule has 0 saturated heterocycles. The van der Waals surface area contributed by atoms with Crippen LogP contribution in [0.3, 0.4) is 0 Å². The molecule has 2 atom stereocenters. The Hall–Kier alpha value is -4.78. The summed E-state index contributed by atoms with van der Waals surface area (Å²) in [5.74, 6) is -0.842. The third-order valence-corrected chi connectivity index (χ3v) is 7.42. The first-order valence-electron chi connectivity index (χ1n) is 12.2. The molecule has 11 nitrogen and oxygen atoms in total. The summed E-state index contributed by atoms with van der Waals surface area (Å²) in [4.78, 5) is 46.1. The van der Waals surface area contributed by atoms with Gasteiger partial charge in [-0.1, -0.05) is 0 Å². The van der Waals surface area contributed by atoms with E-state index in [4.69, 9.17) is 10.5 Å². The number of carbonyl (C=O) groups excluding carboxylic acids is 1. The first-order valence-corrected chi connectivity index (χ1v) is 13.0. The van der Waals surface area contributed by atoms with Crippen LogP contribution in [0.2, 0.25) is 0 Å². The monoisotopic (exact) mass is 561 g/mol. The molecule has 0 bridgehead atoms. The van der Waals surface area contributed by atoms with Crippen molar-refractivity contribution in [2.24, 2.45) is 5.73 Å². The maximum absolute atomic E-state index is 15.1. The van der Waals surface area contributed by atoms with Gasteiger partial charge >= 0.3 is 6.09 Å². The Labute approximate surface area is 231 Å². The number of thiazole rings is 1. The second-order valence-corrected chi connectivity index (χ2v) is 10.3. The molecule has 0 aliphatic carbocycles. The smallest absolute Gasteiger partial charge is 0.412 e. The van der Waals surface area contributed by atoms with E-state index in [2.05, 4.69) is 24.9 Å². The van der Waals surface area contributed by atoms with Crippen LogP contribution >= 0.6 is 11.3 Å². The molecule has 2 unspecified atom stereocenters. The van der Waals surface area contributed by atoms with Gasteiger partial charge in [0.25, 0.3) is 5.91 Å². The van der Waals surface area contributed by atoms with E-state index in [-0.39, 0.29) is 17.1 Å². The van der Waals surface area contributed by atoms with E-state index in [1.54, 1.807) is 32.9 Å². The number of hydrogen-bond acceptors (Lipinski definition) is 9. The number of rotatable bonds is 7. The van der Waals surface area contributed by atoms with Gasteiger partial charge in [-0.3, -0.25) is 14.7 Å². The van der Waals surface area contributed by atoms with E-state index in [9.17, 15) is 14.7 Å². The second kappa shape index (κ2) is 10.4. The second-order valence-electron chi connectivity index (χ2n) is 9.27. The molecular formula is C27H24FN7O4S. The maximum atomic E-state index is 15.1. The molecule has 5 aromatic rings. The molecule has 5 rings (SSSR count). The highest BCUT2D eigenvalue weighted by Gasteiger charge is 2.29. The van der Waals surface area contributed by atoms with E-state index < -0.39 is 30.0 Å². The maximum Gasteiger partial charge on any atom is 0.412 e. The van der Waals surface area contributed by atoms with Gasteiger partial charge in [0, 0.05) is 17.7 Å². The summed E-state index contributed by atoms with van der Waals surface area (Å²) in [7, 11) is 0. The first-order chi connectivity index (χ1) is 19.0. The number of carboxylic acid groups (broad SMARTS) is 1. The molecular weight excluding hydrogens is 537 g/mol. The average Bonchev–Trinajstić information content (AvgIpc) is 3.31. The molecule has 3 N–H and O–H groups in total. The molecule has 3 aromatic heterocycles. The molecule has 0 spiro atoms. The Bertz CT molecular complexity index is 1780. The highest BCUT2D eigenvalue weighted by molar-refractivity contribution is 7.21. The molecule has 0 radical (unpaired) electrons. The van der Waals surface area contributed by atoms with Crippen LogP contribution in [0.5, 0.6) is 5.75 Å². The summed E-state index contributed by atoms with van der Waals surface area (Å²) in [6, 6.07) is 5.82. The minimum absolute atomic E-state index is 0.0347. The standard InChI is InChI=1S/C27H24FN7O4S/c1-12-5-17(24-20(6-12)33-21(11-32-24)25(29)36)26-34-19-7-18(28)22(8-23(19)40-26)39-14(3)13(2)35(27(37)38)16-9-30-15(4)31-10-16/h5-11,13-14H,1-4H3,(H2,29,36)(H,37,38). The SMILES string of the molecule is Cc1cc(-c2nc3cc(F)c(OC(C)C(C)N(C(=O)O)c4cnc(C)nc4)cc3s2)c2ncc(C(N)=O)nc2c1. The number of halogens is 1. The van der Waals surface area contributed by atoms with Gasteiger partial charge in [0.15, 0.2) is 11.6 Å². The van der Waals surface area contributed by atoms with Gasteiger partial charge in [-0.05, 0) is 45.4 Å². The quantitative estimate of drug-likeness (QED) is 0.282. The number of anilines is 1. The van der Waals surface area contributed by atoms with Crippen LogP contribution in [0, 0.1) is 19.7 Å². The Balaban J connectivity index is 1.47. The van der Waals surface area contributed by atoms with Crippen molar-refractivity contribution in [3.63, 3.8) is 0 Å². The van der Waals surface area contributed by atoms with Gasteiger partial charge < -0.3 is 15.6 Å². The van der Waals surface area contributed by atoms with E-state index in [1.807, 2.05) is 13.0 Å². The van der Waals surface area contributed by atoms with Crippen LogP contribution < -0.4 is 15.4 Å². The lowest BCUT2D eigenvalue weighted by molar-refractivity contribution is 0.0995. The average molecular weight is 562 g/mol. The number of benzene rings is 2. The molecule has 0 saturated carbocycles. The van der Waals surface area contributed by atoms with E-state index >= 15 is 4.39 Å². The summed E-state index contributed by atoms with van der Waals surface area (Å²) in [5, 5.41) is 10.4. The van der Waals surface area contributed by atoms with Gasteiger partial charge in [0.1, 0.15) is 22.6 Å². The van der Waals surface area contributed by atoms with Gasteiger partial charge in [-0.25, -0.2) is 29.1 Å². The zero-order valence-electron chi connectivity index (χ0n) is 21.9. The third-order valence-electron chi connectivity index (χ3n) is 6.37. The highest BCUT2D eigenvalue weighted by Crippen LogP contribution is 2.37. The van der Waals surface area contributed by atoms with Crippen molar-refractivity contribution < 1.29 is 23.8 Å². The fourth-order valence-corrected chi connectivity index (χ4v) is 5.21. The highest BCUT2D eigenvalue weighted by atomic mass is 32.1. The Morgan fingerprint density at radius 2 is 1.75 bits per heavy atom. The Kier molecular flexibility index (Phi) is 6.98. The zero-order chi connectivity index (χ0) is 28.7. The van der Waals surface area contributed by atoms with Gasteiger partial charge in [0.2, 0.25) is 0 Å². The number of nitrogens with zero attached hydrogens (tertiary/aromatic N) is 6. The molecule has 40 heavy (non-hydrogen) atoms. The molecule has 0 fully saturated rings. The van der Waals surface area contributed by atoms with Crippen LogP contribution in [0.15, 0.2) is 42.9 Å². The summed E-state index contributed by atoms with van der Waals surface area (Å²) in [5.41, 5.74) is 8.68. The number of amides is 2. The lowest BCUT2D eigenvalue weighted by atomic mass is 10.1. The Morgan fingerprint density at radius 3 is 2.42 bits per heavy atom. The minimum atomic E-state index is -1.21. The van der Waals surface area contributed by atoms with E-state index in [0.717, 1.165) is 10.5 Å². The largest absolute Gasteiger partial charge is 0.485 e. The predicted molar refractivity (Wildman–Crippen MR) is 148 cm³/mol. The molecule has 0 aliphatic heterocycles. The third kappa shape index (κ3) is 5.10. The zero-order valence-corrected chi connectivity index (χ0v) is 22.7. The summed E-state index contributed by atoms with van der Waals surface area (Å²) in [6.07, 6.45) is 2.20. The van der Waals surface area contributed by atoms with Crippen molar-refractivity contribution in [1.29, 1.82) is 0 Å². The van der Waals surface area contributed by atoms with Crippen molar-refractivity contribution in [3.8, 4) is 16.3 Å². The summed E-state index contributed by atoms with van der Waals surface area (Å²) in [6.45, 7) is 6.90. The molecule has 13 heteroatoms. The number of carbonyl (C=O) groups is 2. The van der Waals surface area contributed by atoms with Crippen LogP contribution in [-0.4, -0.2) is 54.2 Å². The lowest BCUT2D eigenvalue weighted by Crippen LogP contribution is -2.46. The number of aromatic nitrogens is 5. The number of primary amides is 1. The normalized spacial score (nSPS) is 12.8. The predicted octanol–water partition coefficient (Wildman–Crippen LogP) is 4.89. The Morgan fingerprint density at radius 1 is 1.02 bits per heavy atom. The summed E-state index contributed by atoms with van der Waals surface area (Å²) < 4.78 is 21.7. The molecule has 3 heterocycles. The number of aryl methyl sites for hydroxylation is 2. The fourth-order valence-electron chi connectivity index (χ4n) is 4.22. The molecule has 0 aliphatic rings. The summed E-state index contributed by atoms with van der Waals surface area (Å²) >= 11 is 1.31. The lowest BCUT2D eigenvalue weighted by Gasteiger charge is -2.30. The van der Waals surface area contributed by atoms with Gasteiger partial charge in [-0.2, -0.15) is 0 Å². The molecule has 2 aromatic carbocycles. The van der Waals surface area contributed by atoms with Crippen molar-refractivity contribution in [3.05, 3.63) is 65.8 Å². The first kappa shape index (κ1) is 26.8. The van der Waals surface area contributed by atoms with Gasteiger partial charge in [-0.15, -0.1) is 11.3 Å². The van der Waals surface area contributed by atoms with E-state index in [0.29, 0.717) is 37.6 Å². The molecule has 2 amide bonds. The van der Waals surface area contributed by atoms with Crippen molar-refractivity contribution >= 4 is 50.3 Å². The van der Waals surface area contributed by atoms with Crippen LogP contribution in [-0.2, 0) is 0 Å².